The number of nitrogens with zero attached hydrogens (tertiary/aromatic N) is 2. The highest BCUT2D eigenvalue weighted by Crippen LogP contribution is 2.36. The summed E-state index contributed by atoms with van der Waals surface area (Å²) < 4.78 is 13.6. The summed E-state index contributed by atoms with van der Waals surface area (Å²) in [6.07, 6.45) is 17.0. The molecule has 0 aromatic heterocycles. The fourth-order valence-electron chi connectivity index (χ4n) is 7.91. The van der Waals surface area contributed by atoms with E-state index in [1.807, 2.05) is 0 Å². The standard InChI is InChI=1S/C38H74N2O4/c1-29(2)33-21-19-31(5)25-35(33)43-37(41)27-39(7,8)23-17-15-13-11-12-14-16-18-24-40(9,10)28-38(42)44-36-26-32(6)20-22-34(36)30(3)4/h29-36H,11-28H2,1-10H3/q+2/t31-,32+,33-,34+,35-,36-/m1/s1. The van der Waals surface area contributed by atoms with E-state index in [0.29, 0.717) is 57.6 Å². The average molecular weight is 623 g/mol. The van der Waals surface area contributed by atoms with E-state index in [9.17, 15) is 9.59 Å². The normalized spacial score (nSPS) is 26.6. The van der Waals surface area contributed by atoms with Gasteiger partial charge in [-0.1, -0.05) is 80.1 Å². The minimum atomic E-state index is -0.0166. The molecule has 0 amide bonds. The number of unbranched alkanes of at least 4 members (excludes halogenated alkanes) is 7. The van der Waals surface area contributed by atoms with Gasteiger partial charge in [0.2, 0.25) is 0 Å². The van der Waals surface area contributed by atoms with Crippen molar-refractivity contribution < 1.29 is 28.0 Å². The van der Waals surface area contributed by atoms with Crippen molar-refractivity contribution in [1.82, 2.24) is 0 Å². The number of carbonyl (C=O) groups excluding carboxylic acids is 2. The fraction of sp³-hybridized carbons (Fsp3) is 0.947. The number of esters is 2. The first-order valence-electron chi connectivity index (χ1n) is 18.6. The lowest BCUT2D eigenvalue weighted by Crippen LogP contribution is -2.47. The van der Waals surface area contributed by atoms with Gasteiger partial charge in [-0.25, -0.2) is 9.59 Å². The Labute approximate surface area is 273 Å². The lowest BCUT2D eigenvalue weighted by Gasteiger charge is -2.37. The number of quaternary nitrogens is 2. The Morgan fingerprint density at radius 1 is 0.568 bits per heavy atom. The number of carbonyl (C=O) groups is 2. The van der Waals surface area contributed by atoms with Crippen LogP contribution in [-0.4, -0.2) is 87.5 Å². The van der Waals surface area contributed by atoms with Gasteiger partial charge in [0.1, 0.15) is 12.2 Å². The van der Waals surface area contributed by atoms with Gasteiger partial charge in [0.25, 0.3) is 0 Å². The van der Waals surface area contributed by atoms with Gasteiger partial charge in [-0.15, -0.1) is 0 Å². The Morgan fingerprint density at radius 3 is 1.20 bits per heavy atom. The summed E-state index contributed by atoms with van der Waals surface area (Å²) in [6.45, 7) is 16.6. The molecule has 0 radical (unpaired) electrons. The Kier molecular flexibility index (Phi) is 16.7. The summed E-state index contributed by atoms with van der Waals surface area (Å²) in [4.78, 5) is 25.7. The minimum Gasteiger partial charge on any atom is -0.458 e. The van der Waals surface area contributed by atoms with Crippen molar-refractivity contribution in [2.24, 2.45) is 35.5 Å². The van der Waals surface area contributed by atoms with Gasteiger partial charge in [0.05, 0.1) is 41.3 Å². The van der Waals surface area contributed by atoms with Gasteiger partial charge in [0, 0.05) is 0 Å². The summed E-state index contributed by atoms with van der Waals surface area (Å²) in [6, 6.07) is 0. The molecule has 2 aliphatic rings. The molecule has 2 saturated carbocycles. The maximum atomic E-state index is 12.8. The van der Waals surface area contributed by atoms with E-state index in [1.165, 1.54) is 64.2 Å². The van der Waals surface area contributed by atoms with Crippen LogP contribution in [0.2, 0.25) is 0 Å². The molecule has 0 aromatic carbocycles. The first-order valence-corrected chi connectivity index (χ1v) is 18.6. The summed E-state index contributed by atoms with van der Waals surface area (Å²) in [5, 5.41) is 0. The maximum absolute atomic E-state index is 12.8. The van der Waals surface area contributed by atoms with Crippen molar-refractivity contribution in [3.63, 3.8) is 0 Å². The number of likely N-dealkylation sites (N-methyl/N-ethyl adjacent to an activating group) is 2. The molecular formula is C38H74N2O4+2. The lowest BCUT2D eigenvalue weighted by molar-refractivity contribution is -0.883. The van der Waals surface area contributed by atoms with Crippen LogP contribution in [-0.2, 0) is 19.1 Å². The zero-order valence-electron chi connectivity index (χ0n) is 30.9. The number of ether oxygens (including phenoxy) is 2. The number of rotatable bonds is 19. The van der Waals surface area contributed by atoms with Crippen molar-refractivity contribution in [2.45, 2.75) is 144 Å². The van der Waals surface area contributed by atoms with E-state index in [1.54, 1.807) is 0 Å². The second-order valence-electron chi connectivity index (χ2n) is 17.2. The molecule has 0 aliphatic heterocycles. The van der Waals surface area contributed by atoms with Crippen LogP contribution in [0.5, 0.6) is 0 Å². The average Bonchev–Trinajstić information content (AvgIpc) is 2.88. The molecule has 6 atom stereocenters. The summed E-state index contributed by atoms with van der Waals surface area (Å²) in [5.74, 6) is 3.42. The predicted molar refractivity (Wildman–Crippen MR) is 183 cm³/mol. The first kappa shape index (κ1) is 39.0. The van der Waals surface area contributed by atoms with Gasteiger partial charge in [-0.2, -0.15) is 0 Å². The molecule has 0 bridgehead atoms. The molecule has 0 N–H and O–H groups in total. The molecular weight excluding hydrogens is 548 g/mol. The van der Waals surface area contributed by atoms with Gasteiger partial charge in [-0.3, -0.25) is 0 Å². The zero-order valence-corrected chi connectivity index (χ0v) is 30.9. The Balaban J connectivity index is 1.53. The molecule has 0 spiro atoms. The molecule has 44 heavy (non-hydrogen) atoms. The first-order chi connectivity index (χ1) is 20.6. The van der Waals surface area contributed by atoms with E-state index < -0.39 is 0 Å². The van der Waals surface area contributed by atoms with Gasteiger partial charge in [-0.05, 0) is 86.9 Å². The quantitative estimate of drug-likeness (QED) is 0.0827. The third-order valence-electron chi connectivity index (χ3n) is 10.9. The van der Waals surface area contributed by atoms with Crippen molar-refractivity contribution in [3.8, 4) is 0 Å². The highest BCUT2D eigenvalue weighted by molar-refractivity contribution is 5.71. The van der Waals surface area contributed by atoms with Gasteiger partial charge >= 0.3 is 11.9 Å². The fourth-order valence-corrected chi connectivity index (χ4v) is 7.91. The predicted octanol–water partition coefficient (Wildman–Crippen LogP) is 8.27. The SMILES string of the molecule is CC(C)[C@H]1CC[C@@H](C)C[C@H]1OC(=O)C[N+](C)(C)CCCCCCCCCC[N+](C)(C)CC(=O)O[C@@H]1C[C@@H](C)CC[C@H]1C(C)C. The maximum Gasteiger partial charge on any atom is 0.362 e. The Morgan fingerprint density at radius 2 is 0.886 bits per heavy atom. The topological polar surface area (TPSA) is 52.6 Å². The van der Waals surface area contributed by atoms with Crippen LogP contribution in [0.15, 0.2) is 0 Å². The molecule has 0 aromatic rings. The smallest absolute Gasteiger partial charge is 0.362 e. The third-order valence-corrected chi connectivity index (χ3v) is 10.9. The molecule has 0 heterocycles. The van der Waals surface area contributed by atoms with Crippen molar-refractivity contribution in [1.29, 1.82) is 0 Å². The van der Waals surface area contributed by atoms with Crippen LogP contribution >= 0.6 is 0 Å². The second kappa shape index (κ2) is 18.9. The molecule has 2 aliphatic carbocycles. The molecule has 6 nitrogen and oxygen atoms in total. The highest BCUT2D eigenvalue weighted by atomic mass is 16.5. The van der Waals surface area contributed by atoms with Gasteiger partial charge < -0.3 is 18.4 Å². The van der Waals surface area contributed by atoms with Crippen LogP contribution in [0, 0.1) is 35.5 Å². The van der Waals surface area contributed by atoms with Crippen LogP contribution in [0.4, 0.5) is 0 Å². The Hall–Kier alpha value is -1.14. The van der Waals surface area contributed by atoms with Crippen LogP contribution in [0.1, 0.15) is 131 Å². The van der Waals surface area contributed by atoms with Crippen LogP contribution in [0.3, 0.4) is 0 Å². The van der Waals surface area contributed by atoms with Crippen molar-refractivity contribution in [2.75, 3.05) is 54.4 Å². The van der Waals surface area contributed by atoms with E-state index in [2.05, 4.69) is 69.7 Å². The molecule has 2 fully saturated rings. The summed E-state index contributed by atoms with van der Waals surface area (Å²) in [5.41, 5.74) is 0. The second-order valence-corrected chi connectivity index (χ2v) is 17.2. The van der Waals surface area contributed by atoms with E-state index >= 15 is 0 Å². The minimum absolute atomic E-state index is 0.0166. The monoisotopic (exact) mass is 623 g/mol. The van der Waals surface area contributed by atoms with Crippen molar-refractivity contribution in [3.05, 3.63) is 0 Å². The van der Waals surface area contributed by atoms with Crippen LogP contribution < -0.4 is 0 Å². The lowest BCUT2D eigenvalue weighted by atomic mass is 9.75. The molecule has 258 valence electrons. The molecule has 2 rings (SSSR count). The molecule has 0 saturated heterocycles. The highest BCUT2D eigenvalue weighted by Gasteiger charge is 2.36. The van der Waals surface area contributed by atoms with E-state index in [4.69, 9.17) is 9.47 Å². The van der Waals surface area contributed by atoms with E-state index in [-0.39, 0.29) is 24.1 Å². The summed E-state index contributed by atoms with van der Waals surface area (Å²) in [7, 11) is 8.68. The van der Waals surface area contributed by atoms with Crippen LogP contribution in [0.25, 0.3) is 0 Å². The zero-order chi connectivity index (χ0) is 32.9. The van der Waals surface area contributed by atoms with E-state index in [0.717, 1.165) is 38.8 Å². The van der Waals surface area contributed by atoms with Gasteiger partial charge in [0.15, 0.2) is 13.1 Å². The van der Waals surface area contributed by atoms with Crippen molar-refractivity contribution >= 4 is 11.9 Å². The molecule has 0 unspecified atom stereocenters. The largest absolute Gasteiger partial charge is 0.458 e. The Bertz CT molecular complexity index is 771. The summed E-state index contributed by atoms with van der Waals surface area (Å²) >= 11 is 0. The number of hydrogen-bond donors (Lipinski definition) is 0. The third kappa shape index (κ3) is 15.0. The number of hydrogen-bond acceptors (Lipinski definition) is 4. The molecule has 6 heteroatoms.